The Morgan fingerprint density at radius 2 is 1.94 bits per heavy atom. The van der Waals surface area contributed by atoms with E-state index >= 15 is 0 Å². The largest absolute Gasteiger partial charge is 0.369 e. The Kier molecular flexibility index (Phi) is 9.15. The zero-order valence-corrected chi connectivity index (χ0v) is 19.3. The molecule has 31 heavy (non-hydrogen) atoms. The molecule has 2 aliphatic heterocycles. The molecule has 2 aliphatic rings. The third kappa shape index (κ3) is 6.68. The van der Waals surface area contributed by atoms with Crippen molar-refractivity contribution in [3.63, 3.8) is 0 Å². The smallest absolute Gasteiger partial charge is 0.221 e. The van der Waals surface area contributed by atoms with Crippen LogP contribution in [0.1, 0.15) is 44.2 Å². The van der Waals surface area contributed by atoms with Crippen LogP contribution >= 0.6 is 0 Å². The Bertz CT molecular complexity index is 701. The van der Waals surface area contributed by atoms with Gasteiger partial charge in [0.15, 0.2) is 5.96 Å². The van der Waals surface area contributed by atoms with Crippen LogP contribution in [0, 0.1) is 5.92 Å². The quantitative estimate of drug-likeness (QED) is 0.376. The number of likely N-dealkylation sites (tertiary alicyclic amines) is 1. The van der Waals surface area contributed by atoms with E-state index in [-0.39, 0.29) is 11.8 Å². The summed E-state index contributed by atoms with van der Waals surface area (Å²) in [7, 11) is 1.87. The third-order valence-electron chi connectivity index (χ3n) is 6.68. The van der Waals surface area contributed by atoms with E-state index in [0.29, 0.717) is 6.04 Å². The van der Waals surface area contributed by atoms with Gasteiger partial charge in [0, 0.05) is 52.4 Å². The van der Waals surface area contributed by atoms with Crippen LogP contribution in [0.4, 0.5) is 0 Å². The molecule has 3 rings (SSSR count). The van der Waals surface area contributed by atoms with Crippen LogP contribution in [0.5, 0.6) is 0 Å². The Morgan fingerprint density at radius 1 is 1.19 bits per heavy atom. The van der Waals surface area contributed by atoms with Gasteiger partial charge in [0.2, 0.25) is 5.91 Å². The van der Waals surface area contributed by atoms with Gasteiger partial charge < -0.3 is 20.9 Å². The standard InChI is InChI=1S/C24H40N6O/c1-3-22(20-9-5-4-6-10-20)29-15-17-30(18-16-29)24(26-2)27-12-8-14-28-13-7-11-21(19-28)23(25)31/h4-6,9-10,21-22H,3,7-8,11-19H2,1-2H3,(H2,25,31)(H,26,27). The van der Waals surface area contributed by atoms with E-state index in [1.54, 1.807) is 0 Å². The van der Waals surface area contributed by atoms with Crippen LogP contribution in [0.3, 0.4) is 0 Å². The van der Waals surface area contributed by atoms with Gasteiger partial charge in [0.1, 0.15) is 0 Å². The Balaban J connectivity index is 1.40. The molecule has 2 heterocycles. The Hall–Kier alpha value is -2.12. The molecule has 1 amide bonds. The molecule has 0 radical (unpaired) electrons. The topological polar surface area (TPSA) is 77.2 Å². The number of primary amides is 1. The molecule has 0 bridgehead atoms. The summed E-state index contributed by atoms with van der Waals surface area (Å²) in [6.45, 7) is 10.1. The van der Waals surface area contributed by atoms with Crippen molar-refractivity contribution in [1.29, 1.82) is 0 Å². The van der Waals surface area contributed by atoms with E-state index in [0.717, 1.165) is 84.0 Å². The second-order valence-electron chi connectivity index (χ2n) is 8.73. The molecule has 2 atom stereocenters. The van der Waals surface area contributed by atoms with E-state index in [4.69, 9.17) is 5.73 Å². The van der Waals surface area contributed by atoms with E-state index in [1.807, 2.05) is 7.05 Å². The fraction of sp³-hybridized carbons (Fsp3) is 0.667. The molecule has 2 fully saturated rings. The summed E-state index contributed by atoms with van der Waals surface area (Å²) >= 11 is 0. The lowest BCUT2D eigenvalue weighted by Crippen LogP contribution is -2.53. The van der Waals surface area contributed by atoms with Gasteiger partial charge in [-0.1, -0.05) is 37.3 Å². The van der Waals surface area contributed by atoms with Crippen LogP contribution in [0.25, 0.3) is 0 Å². The molecule has 1 aromatic rings. The minimum atomic E-state index is -0.153. The number of carbonyl (C=O) groups is 1. The second kappa shape index (κ2) is 12.1. The number of nitrogens with one attached hydrogen (secondary N) is 1. The number of benzene rings is 1. The SMILES string of the molecule is CCC(c1ccccc1)N1CCN(C(=NC)NCCCN2CCCC(C(N)=O)C2)CC1. The molecule has 2 saturated heterocycles. The number of piperidine rings is 1. The zero-order valence-electron chi connectivity index (χ0n) is 19.3. The minimum Gasteiger partial charge on any atom is -0.369 e. The molecular formula is C24H40N6O. The lowest BCUT2D eigenvalue weighted by molar-refractivity contribution is -0.123. The van der Waals surface area contributed by atoms with Gasteiger partial charge in [-0.2, -0.15) is 0 Å². The van der Waals surface area contributed by atoms with Crippen molar-refractivity contribution in [3.8, 4) is 0 Å². The van der Waals surface area contributed by atoms with Crippen molar-refractivity contribution in [2.75, 3.05) is 59.4 Å². The Morgan fingerprint density at radius 3 is 2.58 bits per heavy atom. The molecule has 7 nitrogen and oxygen atoms in total. The predicted molar refractivity (Wildman–Crippen MR) is 127 cm³/mol. The van der Waals surface area contributed by atoms with Crippen LogP contribution in [0.2, 0.25) is 0 Å². The maximum Gasteiger partial charge on any atom is 0.221 e. The van der Waals surface area contributed by atoms with Gasteiger partial charge in [-0.15, -0.1) is 0 Å². The number of aliphatic imine (C=N–C) groups is 1. The average Bonchev–Trinajstić information content (AvgIpc) is 2.81. The fourth-order valence-electron chi connectivity index (χ4n) is 4.95. The molecule has 3 N–H and O–H groups in total. The minimum absolute atomic E-state index is 0.0219. The summed E-state index contributed by atoms with van der Waals surface area (Å²) in [6.07, 6.45) is 4.17. The second-order valence-corrected chi connectivity index (χ2v) is 8.73. The number of hydrogen-bond acceptors (Lipinski definition) is 4. The van der Waals surface area contributed by atoms with Gasteiger partial charge in [-0.3, -0.25) is 14.7 Å². The van der Waals surface area contributed by atoms with Crippen molar-refractivity contribution < 1.29 is 4.79 Å². The van der Waals surface area contributed by atoms with Gasteiger partial charge in [-0.05, 0) is 44.3 Å². The summed E-state index contributed by atoms with van der Waals surface area (Å²) in [5.74, 6) is 0.870. The zero-order chi connectivity index (χ0) is 22.1. The van der Waals surface area contributed by atoms with Gasteiger partial charge >= 0.3 is 0 Å². The van der Waals surface area contributed by atoms with E-state index < -0.39 is 0 Å². The first-order chi connectivity index (χ1) is 15.1. The normalized spacial score (nSPS) is 22.3. The van der Waals surface area contributed by atoms with E-state index in [1.165, 1.54) is 5.56 Å². The molecule has 0 spiro atoms. The van der Waals surface area contributed by atoms with E-state index in [9.17, 15) is 4.79 Å². The van der Waals surface area contributed by atoms with Crippen LogP contribution in [-0.4, -0.2) is 86.0 Å². The highest BCUT2D eigenvalue weighted by atomic mass is 16.1. The van der Waals surface area contributed by atoms with Gasteiger partial charge in [0.25, 0.3) is 0 Å². The number of piperazine rings is 1. The highest BCUT2D eigenvalue weighted by molar-refractivity contribution is 5.80. The molecule has 0 aliphatic carbocycles. The predicted octanol–water partition coefficient (Wildman–Crippen LogP) is 1.92. The molecule has 1 aromatic carbocycles. The van der Waals surface area contributed by atoms with Gasteiger partial charge in [0.05, 0.1) is 5.92 Å². The molecule has 2 unspecified atom stereocenters. The number of hydrogen-bond donors (Lipinski definition) is 2. The number of guanidine groups is 1. The molecular weight excluding hydrogens is 388 g/mol. The number of carbonyl (C=O) groups excluding carboxylic acids is 1. The average molecular weight is 429 g/mol. The fourth-order valence-corrected chi connectivity index (χ4v) is 4.95. The van der Waals surface area contributed by atoms with Gasteiger partial charge in [-0.25, -0.2) is 0 Å². The molecule has 7 heteroatoms. The van der Waals surface area contributed by atoms with Crippen molar-refractivity contribution in [2.45, 2.75) is 38.6 Å². The summed E-state index contributed by atoms with van der Waals surface area (Å²) in [5.41, 5.74) is 6.91. The summed E-state index contributed by atoms with van der Waals surface area (Å²) in [5, 5.41) is 3.54. The molecule has 0 aromatic heterocycles. The first kappa shape index (κ1) is 23.5. The van der Waals surface area contributed by atoms with Crippen molar-refractivity contribution in [1.82, 2.24) is 20.0 Å². The third-order valence-corrected chi connectivity index (χ3v) is 6.68. The number of rotatable bonds is 8. The van der Waals surface area contributed by atoms with Crippen LogP contribution in [-0.2, 0) is 4.79 Å². The van der Waals surface area contributed by atoms with Crippen LogP contribution < -0.4 is 11.1 Å². The maximum absolute atomic E-state index is 11.5. The highest BCUT2D eigenvalue weighted by Gasteiger charge is 2.26. The van der Waals surface area contributed by atoms with Crippen molar-refractivity contribution in [3.05, 3.63) is 35.9 Å². The number of nitrogens with zero attached hydrogens (tertiary/aromatic N) is 4. The van der Waals surface area contributed by atoms with Crippen molar-refractivity contribution in [2.24, 2.45) is 16.6 Å². The first-order valence-electron chi connectivity index (χ1n) is 11.9. The molecule has 172 valence electrons. The summed E-state index contributed by atoms with van der Waals surface area (Å²) in [6, 6.07) is 11.3. The van der Waals surface area contributed by atoms with Crippen molar-refractivity contribution >= 4 is 11.9 Å². The monoisotopic (exact) mass is 428 g/mol. The lowest BCUT2D eigenvalue weighted by Gasteiger charge is -2.40. The van der Waals surface area contributed by atoms with E-state index in [2.05, 4.69) is 62.3 Å². The lowest BCUT2D eigenvalue weighted by atomic mass is 9.97. The summed E-state index contributed by atoms with van der Waals surface area (Å²) < 4.78 is 0. The first-order valence-corrected chi connectivity index (χ1v) is 11.9. The summed E-state index contributed by atoms with van der Waals surface area (Å²) in [4.78, 5) is 23.3. The molecule has 0 saturated carbocycles. The Labute approximate surface area is 187 Å². The number of nitrogens with two attached hydrogens (primary N) is 1. The highest BCUT2D eigenvalue weighted by Crippen LogP contribution is 2.25. The maximum atomic E-state index is 11.5. The number of amides is 1. The van der Waals surface area contributed by atoms with Crippen LogP contribution in [0.15, 0.2) is 35.3 Å².